The van der Waals surface area contributed by atoms with Crippen LogP contribution >= 0.6 is 11.8 Å². The van der Waals surface area contributed by atoms with Gasteiger partial charge in [0, 0.05) is 24.3 Å². The number of aliphatic imine (C=N–C) groups is 1. The number of amides is 1. The van der Waals surface area contributed by atoms with E-state index < -0.39 is 23.4 Å². The average Bonchev–Trinajstić information content (AvgIpc) is 3.50. The molecule has 8 nitrogen and oxygen atoms in total. The van der Waals surface area contributed by atoms with E-state index in [4.69, 9.17) is 21.6 Å². The van der Waals surface area contributed by atoms with Gasteiger partial charge < -0.3 is 20.5 Å². The summed E-state index contributed by atoms with van der Waals surface area (Å²) < 4.78 is 25.5. The predicted octanol–water partition coefficient (Wildman–Crippen LogP) is 2.95. The number of anilines is 1. The molecule has 1 saturated carbocycles. The molecule has 1 aliphatic carbocycles. The van der Waals surface area contributed by atoms with Gasteiger partial charge in [-0.2, -0.15) is 0 Å². The van der Waals surface area contributed by atoms with Gasteiger partial charge in [-0.05, 0) is 38.5 Å². The van der Waals surface area contributed by atoms with Crippen LogP contribution < -0.4 is 15.8 Å². The Labute approximate surface area is 195 Å². The van der Waals surface area contributed by atoms with Crippen molar-refractivity contribution in [3.05, 3.63) is 47.7 Å². The number of benzene rings is 1. The van der Waals surface area contributed by atoms with Crippen LogP contribution in [0.5, 0.6) is 5.88 Å². The first kappa shape index (κ1) is 23.0. The fraction of sp³-hybridized carbons (Fsp3) is 0.391. The highest BCUT2D eigenvalue weighted by atomic mass is 32.2. The van der Waals surface area contributed by atoms with Crippen molar-refractivity contribution in [3.8, 4) is 18.2 Å². The fourth-order valence-electron chi connectivity index (χ4n) is 4.22. The summed E-state index contributed by atoms with van der Waals surface area (Å²) in [4.78, 5) is 25.4. The standard InChI is InChI=1S/C23H24FN5O3S/c1-5-13(2)32-19-11-26-17(10-27-19)20(30)28-14-6-7-16(24)15(8-14)22(3)18-9-23(18,12-31-4)33-21(25)29-22/h1,6-8,10-11,13,18H,9,12H2,2-4H3,(H2,25,29)(H,28,30)/t13-,18-,22-,23+/m0/s1. The van der Waals surface area contributed by atoms with E-state index in [1.165, 1.54) is 36.3 Å². The molecule has 4 atom stereocenters. The number of ether oxygens (including phenoxy) is 2. The summed E-state index contributed by atoms with van der Waals surface area (Å²) in [5.41, 5.74) is 6.08. The highest BCUT2D eigenvalue weighted by molar-refractivity contribution is 8.15. The van der Waals surface area contributed by atoms with Crippen molar-refractivity contribution >= 4 is 28.5 Å². The van der Waals surface area contributed by atoms with Crippen molar-refractivity contribution in [2.45, 2.75) is 36.7 Å². The second kappa shape index (κ2) is 8.65. The summed E-state index contributed by atoms with van der Waals surface area (Å²) in [5, 5.41) is 3.13. The highest BCUT2D eigenvalue weighted by Crippen LogP contribution is 2.66. The van der Waals surface area contributed by atoms with Gasteiger partial charge in [-0.25, -0.2) is 14.4 Å². The minimum absolute atomic E-state index is 0.0616. The zero-order chi connectivity index (χ0) is 23.8. The van der Waals surface area contributed by atoms with Gasteiger partial charge in [0.2, 0.25) is 5.88 Å². The number of nitrogens with one attached hydrogen (secondary N) is 1. The Morgan fingerprint density at radius 1 is 1.45 bits per heavy atom. The lowest BCUT2D eigenvalue weighted by Crippen LogP contribution is -2.37. The molecule has 0 unspecified atom stereocenters. The van der Waals surface area contributed by atoms with Gasteiger partial charge in [-0.15, -0.1) is 6.42 Å². The van der Waals surface area contributed by atoms with E-state index >= 15 is 0 Å². The zero-order valence-corrected chi connectivity index (χ0v) is 19.3. The topological polar surface area (TPSA) is 112 Å². The molecule has 1 amide bonds. The molecule has 2 aromatic rings. The van der Waals surface area contributed by atoms with Gasteiger partial charge in [-0.3, -0.25) is 9.79 Å². The van der Waals surface area contributed by atoms with E-state index in [2.05, 4.69) is 26.2 Å². The number of methoxy groups -OCH3 is 1. The molecular formula is C23H24FN5O3S. The van der Waals surface area contributed by atoms with Crippen LogP contribution in [0.1, 0.15) is 36.3 Å². The molecule has 0 radical (unpaired) electrons. The van der Waals surface area contributed by atoms with Crippen LogP contribution in [0.4, 0.5) is 10.1 Å². The lowest BCUT2D eigenvalue weighted by Gasteiger charge is -2.34. The molecule has 1 aromatic heterocycles. The van der Waals surface area contributed by atoms with Crippen molar-refractivity contribution in [1.29, 1.82) is 0 Å². The Bertz CT molecular complexity index is 1150. The number of halogens is 1. The normalized spacial score (nSPS) is 26.4. The summed E-state index contributed by atoms with van der Waals surface area (Å²) in [5.74, 6) is 1.78. The first-order chi connectivity index (χ1) is 15.7. The van der Waals surface area contributed by atoms with Gasteiger partial charge >= 0.3 is 0 Å². The van der Waals surface area contributed by atoms with Crippen LogP contribution in [-0.2, 0) is 10.3 Å². The van der Waals surface area contributed by atoms with E-state index in [0.717, 1.165) is 6.42 Å². The number of hydrogen-bond acceptors (Lipinski definition) is 8. The van der Waals surface area contributed by atoms with Gasteiger partial charge in [0.15, 0.2) is 11.3 Å². The fourth-order valence-corrected chi connectivity index (χ4v) is 5.68. The largest absolute Gasteiger partial charge is 0.460 e. The monoisotopic (exact) mass is 469 g/mol. The van der Waals surface area contributed by atoms with Gasteiger partial charge in [0.1, 0.15) is 11.5 Å². The Balaban J connectivity index is 1.55. The van der Waals surface area contributed by atoms with E-state index in [-0.39, 0.29) is 22.2 Å². The van der Waals surface area contributed by atoms with Crippen molar-refractivity contribution in [3.63, 3.8) is 0 Å². The number of nitrogens with two attached hydrogens (primary N) is 1. The molecule has 1 fully saturated rings. The number of hydrogen-bond donors (Lipinski definition) is 2. The van der Waals surface area contributed by atoms with Crippen molar-refractivity contribution in [1.82, 2.24) is 9.97 Å². The molecule has 0 bridgehead atoms. The van der Waals surface area contributed by atoms with Crippen LogP contribution in [0.2, 0.25) is 0 Å². The molecule has 0 spiro atoms. The third-order valence-corrected chi connectivity index (χ3v) is 7.18. The summed E-state index contributed by atoms with van der Waals surface area (Å²) in [7, 11) is 1.64. The maximum Gasteiger partial charge on any atom is 0.275 e. The van der Waals surface area contributed by atoms with E-state index in [1.807, 2.05) is 6.92 Å². The first-order valence-corrected chi connectivity index (χ1v) is 11.1. The SMILES string of the molecule is C#C[C@H](C)Oc1cnc(C(=O)Nc2ccc(F)c([C@]3(C)N=C(N)S[C@@]4(COC)C[C@H]43)c2)cn1. The second-order valence-electron chi connectivity index (χ2n) is 8.27. The average molecular weight is 470 g/mol. The van der Waals surface area contributed by atoms with Crippen molar-refractivity contribution < 1.29 is 18.7 Å². The minimum Gasteiger partial charge on any atom is -0.460 e. The number of fused-ring (bicyclic) bond motifs is 1. The number of carbonyl (C=O) groups excluding carboxylic acids is 1. The summed E-state index contributed by atoms with van der Waals surface area (Å²) in [6.07, 6.45) is 8.22. The second-order valence-corrected chi connectivity index (χ2v) is 9.70. The molecule has 10 heteroatoms. The highest BCUT2D eigenvalue weighted by Gasteiger charge is 2.66. The maximum absolute atomic E-state index is 15.0. The van der Waals surface area contributed by atoms with Crippen LogP contribution in [0.15, 0.2) is 35.6 Å². The minimum atomic E-state index is -0.870. The first-order valence-electron chi connectivity index (χ1n) is 10.3. The number of terminal acetylenes is 1. The molecule has 2 heterocycles. The summed E-state index contributed by atoms with van der Waals surface area (Å²) in [6, 6.07) is 4.39. The Morgan fingerprint density at radius 3 is 2.91 bits per heavy atom. The Morgan fingerprint density at radius 2 is 2.24 bits per heavy atom. The van der Waals surface area contributed by atoms with E-state index in [0.29, 0.717) is 23.0 Å². The predicted molar refractivity (Wildman–Crippen MR) is 125 cm³/mol. The van der Waals surface area contributed by atoms with Crippen molar-refractivity contribution in [2.75, 3.05) is 19.0 Å². The quantitative estimate of drug-likeness (QED) is 0.600. The molecular weight excluding hydrogens is 445 g/mol. The third-order valence-electron chi connectivity index (χ3n) is 5.90. The van der Waals surface area contributed by atoms with Gasteiger partial charge in [-0.1, -0.05) is 17.7 Å². The lowest BCUT2D eigenvalue weighted by molar-refractivity contribution is 0.102. The smallest absolute Gasteiger partial charge is 0.275 e. The van der Waals surface area contributed by atoms with Gasteiger partial charge in [0.05, 0.1) is 29.3 Å². The lowest BCUT2D eigenvalue weighted by atomic mass is 9.85. The molecule has 3 N–H and O–H groups in total. The molecule has 2 aliphatic rings. The van der Waals surface area contributed by atoms with E-state index in [9.17, 15) is 9.18 Å². The maximum atomic E-state index is 15.0. The van der Waals surface area contributed by atoms with Crippen LogP contribution in [0.3, 0.4) is 0 Å². The Hall–Kier alpha value is -3.16. The summed E-state index contributed by atoms with van der Waals surface area (Å²) >= 11 is 1.48. The molecule has 0 saturated heterocycles. The van der Waals surface area contributed by atoms with E-state index in [1.54, 1.807) is 20.1 Å². The number of carbonyl (C=O) groups is 1. The number of aromatic nitrogens is 2. The summed E-state index contributed by atoms with van der Waals surface area (Å²) in [6.45, 7) is 4.07. The third kappa shape index (κ3) is 4.38. The van der Waals surface area contributed by atoms with Gasteiger partial charge in [0.25, 0.3) is 5.91 Å². The van der Waals surface area contributed by atoms with Crippen LogP contribution in [-0.4, -0.2) is 45.6 Å². The number of thioether (sulfide) groups is 1. The molecule has 33 heavy (non-hydrogen) atoms. The van der Waals surface area contributed by atoms with Crippen LogP contribution in [0, 0.1) is 24.1 Å². The molecule has 1 aromatic carbocycles. The molecule has 4 rings (SSSR count). The number of amidine groups is 1. The van der Waals surface area contributed by atoms with Crippen LogP contribution in [0.25, 0.3) is 0 Å². The Kier molecular flexibility index (Phi) is 6.03. The molecule has 1 aliphatic heterocycles. The number of nitrogens with zero attached hydrogens (tertiary/aromatic N) is 3. The molecule has 172 valence electrons. The zero-order valence-electron chi connectivity index (χ0n) is 18.5. The van der Waals surface area contributed by atoms with Crippen molar-refractivity contribution in [2.24, 2.45) is 16.6 Å². The number of rotatable bonds is 7.